The maximum atomic E-state index is 5.46. The summed E-state index contributed by atoms with van der Waals surface area (Å²) in [5.74, 6) is 0. The fraction of sp³-hybridized carbons (Fsp3) is 0.615. The summed E-state index contributed by atoms with van der Waals surface area (Å²) in [7, 11) is 0. The minimum absolute atomic E-state index is 0.0735. The zero-order valence-electron chi connectivity index (χ0n) is 11.3. The summed E-state index contributed by atoms with van der Waals surface area (Å²) in [5.41, 5.74) is 3.19. The van der Waals surface area contributed by atoms with Gasteiger partial charge in [-0.05, 0) is 0 Å². The van der Waals surface area contributed by atoms with Crippen LogP contribution in [0.3, 0.4) is 0 Å². The topological polar surface area (TPSA) is 51.8 Å². The molecular weight excluding hydrogens is 214 g/mol. The lowest BCUT2D eigenvalue weighted by atomic mass is 9.88. The van der Waals surface area contributed by atoms with E-state index in [1.165, 1.54) is 0 Å². The van der Waals surface area contributed by atoms with Crippen molar-refractivity contribution in [2.75, 3.05) is 0 Å². The Morgan fingerprint density at radius 1 is 0.882 bits per heavy atom. The van der Waals surface area contributed by atoms with Crippen molar-refractivity contribution in [3.63, 3.8) is 0 Å². The van der Waals surface area contributed by atoms with Gasteiger partial charge in [0.1, 0.15) is 17.5 Å². The lowest BCUT2D eigenvalue weighted by Gasteiger charge is -2.17. The number of aromatic nitrogens is 3. The van der Waals surface area contributed by atoms with Gasteiger partial charge in [-0.2, -0.15) is 0 Å². The van der Waals surface area contributed by atoms with Crippen LogP contribution in [0, 0.1) is 0 Å². The first-order valence-corrected chi connectivity index (χ1v) is 5.82. The van der Waals surface area contributed by atoms with Gasteiger partial charge < -0.3 is 4.52 Å². The zero-order chi connectivity index (χ0) is 12.8. The molecule has 0 amide bonds. The second kappa shape index (κ2) is 3.52. The van der Waals surface area contributed by atoms with Crippen LogP contribution in [0.25, 0.3) is 11.1 Å². The molecule has 2 aromatic heterocycles. The number of hydrogen-bond donors (Lipinski definition) is 0. The summed E-state index contributed by atoms with van der Waals surface area (Å²) in [5, 5.41) is 4.16. The third-order valence-corrected chi connectivity index (χ3v) is 2.68. The standard InChI is InChI=1S/C13H19N3O/c1-12(2,3)10-8-9(17-16-10)11(13(4,5)6)15-7-14-8/h7H,1-6H3. The second-order valence-electron chi connectivity index (χ2n) is 6.43. The van der Waals surface area contributed by atoms with E-state index < -0.39 is 0 Å². The molecule has 4 heteroatoms. The average molecular weight is 233 g/mol. The van der Waals surface area contributed by atoms with Gasteiger partial charge >= 0.3 is 0 Å². The van der Waals surface area contributed by atoms with Crippen molar-refractivity contribution in [1.29, 1.82) is 0 Å². The van der Waals surface area contributed by atoms with E-state index in [0.29, 0.717) is 5.58 Å². The predicted molar refractivity (Wildman–Crippen MR) is 67.0 cm³/mol. The molecule has 0 aliphatic rings. The summed E-state index contributed by atoms with van der Waals surface area (Å²) in [6.45, 7) is 12.6. The Labute approximate surface area is 101 Å². The summed E-state index contributed by atoms with van der Waals surface area (Å²) < 4.78 is 5.46. The largest absolute Gasteiger partial charge is 0.352 e. The van der Waals surface area contributed by atoms with E-state index in [1.54, 1.807) is 6.33 Å². The fourth-order valence-electron chi connectivity index (χ4n) is 1.79. The molecule has 0 unspecified atom stereocenters. The number of hydrogen-bond acceptors (Lipinski definition) is 4. The van der Waals surface area contributed by atoms with E-state index >= 15 is 0 Å². The van der Waals surface area contributed by atoms with Crippen LogP contribution in [0.1, 0.15) is 52.9 Å². The van der Waals surface area contributed by atoms with Crippen LogP contribution in [0.5, 0.6) is 0 Å². The molecule has 0 aromatic carbocycles. The zero-order valence-corrected chi connectivity index (χ0v) is 11.3. The molecular formula is C13H19N3O. The SMILES string of the molecule is CC(C)(C)c1noc2c(C(C)(C)C)ncnc12. The number of nitrogens with zero attached hydrogens (tertiary/aromatic N) is 3. The highest BCUT2D eigenvalue weighted by Crippen LogP contribution is 2.32. The Morgan fingerprint density at radius 2 is 1.47 bits per heavy atom. The summed E-state index contributed by atoms with van der Waals surface area (Å²) in [6, 6.07) is 0. The Hall–Kier alpha value is -1.45. The van der Waals surface area contributed by atoms with E-state index in [9.17, 15) is 0 Å². The van der Waals surface area contributed by atoms with Gasteiger partial charge in [-0.3, -0.25) is 0 Å². The third kappa shape index (κ3) is 2.04. The molecule has 0 fully saturated rings. The quantitative estimate of drug-likeness (QED) is 0.701. The molecule has 2 rings (SSSR count). The maximum Gasteiger partial charge on any atom is 0.207 e. The molecule has 4 nitrogen and oxygen atoms in total. The van der Waals surface area contributed by atoms with E-state index in [1.807, 2.05) is 0 Å². The molecule has 0 N–H and O–H groups in total. The van der Waals surface area contributed by atoms with Crippen molar-refractivity contribution in [2.24, 2.45) is 0 Å². The Bertz CT molecular complexity index is 544. The van der Waals surface area contributed by atoms with Gasteiger partial charge in [-0.15, -0.1) is 0 Å². The number of fused-ring (bicyclic) bond motifs is 1. The van der Waals surface area contributed by atoms with Crippen LogP contribution in [0.2, 0.25) is 0 Å². The highest BCUT2D eigenvalue weighted by atomic mass is 16.5. The Morgan fingerprint density at radius 3 is 2.00 bits per heavy atom. The molecule has 0 aliphatic carbocycles. The molecule has 0 saturated heterocycles. The molecule has 0 bridgehead atoms. The molecule has 2 heterocycles. The van der Waals surface area contributed by atoms with Crippen LogP contribution < -0.4 is 0 Å². The molecule has 0 spiro atoms. The highest BCUT2D eigenvalue weighted by molar-refractivity contribution is 5.78. The lowest BCUT2D eigenvalue weighted by molar-refractivity contribution is 0.412. The van der Waals surface area contributed by atoms with Crippen molar-refractivity contribution in [2.45, 2.75) is 52.4 Å². The summed E-state index contributed by atoms with van der Waals surface area (Å²) in [6.07, 6.45) is 1.59. The van der Waals surface area contributed by atoms with Crippen molar-refractivity contribution < 1.29 is 4.52 Å². The van der Waals surface area contributed by atoms with Gasteiger partial charge in [0.05, 0.1) is 5.69 Å². The molecule has 2 aromatic rings. The van der Waals surface area contributed by atoms with Gasteiger partial charge in [0.15, 0.2) is 0 Å². The van der Waals surface area contributed by atoms with Gasteiger partial charge in [0.2, 0.25) is 5.58 Å². The summed E-state index contributed by atoms with van der Waals surface area (Å²) in [4.78, 5) is 8.64. The molecule has 0 atom stereocenters. The van der Waals surface area contributed by atoms with Crippen LogP contribution in [-0.4, -0.2) is 15.1 Å². The molecule has 17 heavy (non-hydrogen) atoms. The first-order valence-electron chi connectivity index (χ1n) is 5.82. The van der Waals surface area contributed by atoms with E-state index in [-0.39, 0.29) is 10.8 Å². The minimum Gasteiger partial charge on any atom is -0.352 e. The van der Waals surface area contributed by atoms with Crippen molar-refractivity contribution in [1.82, 2.24) is 15.1 Å². The smallest absolute Gasteiger partial charge is 0.207 e. The first kappa shape index (κ1) is 12.0. The van der Waals surface area contributed by atoms with Crippen LogP contribution in [-0.2, 0) is 10.8 Å². The minimum atomic E-state index is -0.0746. The Kier molecular flexibility index (Phi) is 2.49. The van der Waals surface area contributed by atoms with Gasteiger partial charge in [0, 0.05) is 10.8 Å². The molecule has 92 valence electrons. The van der Waals surface area contributed by atoms with Crippen molar-refractivity contribution in [3.8, 4) is 0 Å². The van der Waals surface area contributed by atoms with Gasteiger partial charge in [0.25, 0.3) is 0 Å². The van der Waals surface area contributed by atoms with E-state index in [4.69, 9.17) is 4.52 Å². The summed E-state index contributed by atoms with van der Waals surface area (Å²) >= 11 is 0. The van der Waals surface area contributed by atoms with E-state index in [2.05, 4.69) is 56.7 Å². The van der Waals surface area contributed by atoms with Crippen LogP contribution >= 0.6 is 0 Å². The maximum absolute atomic E-state index is 5.46. The molecule has 0 radical (unpaired) electrons. The Balaban J connectivity index is 2.74. The van der Waals surface area contributed by atoms with Crippen LogP contribution in [0.15, 0.2) is 10.9 Å². The molecule has 0 aliphatic heterocycles. The monoisotopic (exact) mass is 233 g/mol. The number of rotatable bonds is 0. The predicted octanol–water partition coefficient (Wildman–Crippen LogP) is 3.21. The third-order valence-electron chi connectivity index (χ3n) is 2.68. The van der Waals surface area contributed by atoms with Gasteiger partial charge in [-0.1, -0.05) is 46.7 Å². The van der Waals surface area contributed by atoms with Crippen molar-refractivity contribution >= 4 is 11.1 Å². The normalized spacial score (nSPS) is 13.3. The van der Waals surface area contributed by atoms with Crippen molar-refractivity contribution in [3.05, 3.63) is 17.7 Å². The van der Waals surface area contributed by atoms with Gasteiger partial charge in [-0.25, -0.2) is 9.97 Å². The fourth-order valence-corrected chi connectivity index (χ4v) is 1.79. The average Bonchev–Trinajstić information content (AvgIpc) is 2.57. The molecule has 0 saturated carbocycles. The lowest BCUT2D eigenvalue weighted by Crippen LogP contribution is -2.15. The highest BCUT2D eigenvalue weighted by Gasteiger charge is 2.28. The first-order chi connectivity index (χ1) is 7.71. The van der Waals surface area contributed by atoms with Crippen LogP contribution in [0.4, 0.5) is 0 Å². The second-order valence-corrected chi connectivity index (χ2v) is 6.43. The van der Waals surface area contributed by atoms with E-state index in [0.717, 1.165) is 16.9 Å².